The number of aromatic nitrogens is 1. The molecule has 112 valence electrons. The largest absolute Gasteiger partial charge is 0.437 e. The van der Waals surface area contributed by atoms with E-state index in [9.17, 15) is 0 Å². The van der Waals surface area contributed by atoms with Crippen molar-refractivity contribution in [3.05, 3.63) is 51.6 Å². The SMILES string of the molecule is Cc1nc(Oc2ccc(Cl)cc2Cl)ccc1CNC(C)C. The Bertz CT molecular complexity index is 630. The van der Waals surface area contributed by atoms with Crippen LogP contribution in [0.1, 0.15) is 25.1 Å². The van der Waals surface area contributed by atoms with Crippen LogP contribution in [0.15, 0.2) is 30.3 Å². The van der Waals surface area contributed by atoms with Gasteiger partial charge in [-0.05, 0) is 30.7 Å². The Balaban J connectivity index is 2.12. The fourth-order valence-corrected chi connectivity index (χ4v) is 2.24. The Morgan fingerprint density at radius 3 is 2.57 bits per heavy atom. The van der Waals surface area contributed by atoms with E-state index in [4.69, 9.17) is 27.9 Å². The van der Waals surface area contributed by atoms with E-state index in [0.717, 1.165) is 17.8 Å². The lowest BCUT2D eigenvalue weighted by molar-refractivity contribution is 0.461. The minimum atomic E-state index is 0.438. The van der Waals surface area contributed by atoms with E-state index in [1.807, 2.05) is 19.1 Å². The third kappa shape index (κ3) is 4.60. The van der Waals surface area contributed by atoms with Crippen LogP contribution in [0.5, 0.6) is 11.6 Å². The Hall–Kier alpha value is -1.29. The Morgan fingerprint density at radius 2 is 1.95 bits per heavy atom. The van der Waals surface area contributed by atoms with Crippen LogP contribution in [0.3, 0.4) is 0 Å². The van der Waals surface area contributed by atoms with Crippen molar-refractivity contribution >= 4 is 23.2 Å². The summed E-state index contributed by atoms with van der Waals surface area (Å²) < 4.78 is 5.70. The standard InChI is InChI=1S/C16H18Cl2N2O/c1-10(2)19-9-12-4-7-16(20-11(12)3)21-15-6-5-13(17)8-14(15)18/h4-8,10,19H,9H2,1-3H3. The van der Waals surface area contributed by atoms with E-state index in [1.54, 1.807) is 18.2 Å². The average molecular weight is 325 g/mol. The third-order valence-electron chi connectivity index (χ3n) is 2.98. The molecule has 1 N–H and O–H groups in total. The first-order valence-corrected chi connectivity index (χ1v) is 7.54. The quantitative estimate of drug-likeness (QED) is 0.841. The molecule has 0 spiro atoms. The highest BCUT2D eigenvalue weighted by Crippen LogP contribution is 2.31. The van der Waals surface area contributed by atoms with Crippen molar-refractivity contribution in [1.29, 1.82) is 0 Å². The zero-order valence-corrected chi connectivity index (χ0v) is 13.8. The first-order valence-electron chi connectivity index (χ1n) is 6.78. The number of hydrogen-bond acceptors (Lipinski definition) is 3. The Morgan fingerprint density at radius 1 is 1.19 bits per heavy atom. The lowest BCUT2D eigenvalue weighted by Crippen LogP contribution is -2.22. The molecule has 0 amide bonds. The highest BCUT2D eigenvalue weighted by molar-refractivity contribution is 6.35. The lowest BCUT2D eigenvalue weighted by Gasteiger charge is -2.12. The van der Waals surface area contributed by atoms with Crippen molar-refractivity contribution < 1.29 is 4.74 Å². The van der Waals surface area contributed by atoms with Crippen molar-refractivity contribution in [2.45, 2.75) is 33.4 Å². The van der Waals surface area contributed by atoms with Crippen LogP contribution < -0.4 is 10.1 Å². The highest BCUT2D eigenvalue weighted by atomic mass is 35.5. The van der Waals surface area contributed by atoms with Gasteiger partial charge in [0.25, 0.3) is 0 Å². The molecule has 0 saturated heterocycles. The van der Waals surface area contributed by atoms with Gasteiger partial charge in [-0.1, -0.05) is 43.1 Å². The summed E-state index contributed by atoms with van der Waals surface area (Å²) in [6, 6.07) is 9.40. The second-order valence-corrected chi connectivity index (χ2v) is 5.95. The summed E-state index contributed by atoms with van der Waals surface area (Å²) in [5.41, 5.74) is 2.09. The fraction of sp³-hybridized carbons (Fsp3) is 0.312. The molecule has 0 radical (unpaired) electrons. The van der Waals surface area contributed by atoms with Gasteiger partial charge < -0.3 is 10.1 Å². The molecule has 0 aliphatic carbocycles. The van der Waals surface area contributed by atoms with Gasteiger partial charge in [0.05, 0.1) is 5.02 Å². The van der Waals surface area contributed by atoms with E-state index in [2.05, 4.69) is 24.1 Å². The fourth-order valence-electron chi connectivity index (χ4n) is 1.80. The number of hydrogen-bond donors (Lipinski definition) is 1. The highest BCUT2D eigenvalue weighted by Gasteiger charge is 2.07. The van der Waals surface area contributed by atoms with E-state index >= 15 is 0 Å². The van der Waals surface area contributed by atoms with Crippen LogP contribution in [0.25, 0.3) is 0 Å². The predicted molar refractivity (Wildman–Crippen MR) is 87.5 cm³/mol. The Labute approximate surface area is 135 Å². The second-order valence-electron chi connectivity index (χ2n) is 5.11. The number of nitrogens with one attached hydrogen (secondary N) is 1. The molecule has 0 aliphatic rings. The number of aryl methyl sites for hydroxylation is 1. The molecule has 21 heavy (non-hydrogen) atoms. The number of benzene rings is 1. The average Bonchev–Trinajstić information content (AvgIpc) is 2.41. The molecule has 0 aliphatic heterocycles. The molecule has 3 nitrogen and oxygen atoms in total. The van der Waals surface area contributed by atoms with Gasteiger partial charge in [-0.2, -0.15) is 0 Å². The zero-order valence-electron chi connectivity index (χ0n) is 12.3. The van der Waals surface area contributed by atoms with Crippen molar-refractivity contribution in [2.75, 3.05) is 0 Å². The van der Waals surface area contributed by atoms with Crippen LogP contribution in [0, 0.1) is 6.92 Å². The normalized spacial score (nSPS) is 11.0. The predicted octanol–water partition coefficient (Wildman–Crippen LogP) is 4.99. The minimum absolute atomic E-state index is 0.438. The lowest BCUT2D eigenvalue weighted by atomic mass is 10.2. The van der Waals surface area contributed by atoms with Crippen molar-refractivity contribution in [3.8, 4) is 11.6 Å². The van der Waals surface area contributed by atoms with Crippen LogP contribution in [0.4, 0.5) is 0 Å². The van der Waals surface area contributed by atoms with E-state index in [1.165, 1.54) is 0 Å². The van der Waals surface area contributed by atoms with Crippen molar-refractivity contribution in [3.63, 3.8) is 0 Å². The van der Waals surface area contributed by atoms with Gasteiger partial charge in [-0.25, -0.2) is 4.98 Å². The number of rotatable bonds is 5. The third-order valence-corrected chi connectivity index (χ3v) is 3.51. The molecule has 1 aromatic carbocycles. The van der Waals surface area contributed by atoms with Gasteiger partial charge >= 0.3 is 0 Å². The summed E-state index contributed by atoms with van der Waals surface area (Å²) >= 11 is 12.0. The summed E-state index contributed by atoms with van der Waals surface area (Å²) in [5, 5.41) is 4.41. The molecule has 0 atom stereocenters. The van der Waals surface area contributed by atoms with Crippen molar-refractivity contribution in [1.82, 2.24) is 10.3 Å². The first-order chi connectivity index (χ1) is 9.95. The molecule has 5 heteroatoms. The van der Waals surface area contributed by atoms with Gasteiger partial charge in [-0.3, -0.25) is 0 Å². The number of nitrogens with zero attached hydrogens (tertiary/aromatic N) is 1. The molecule has 0 bridgehead atoms. The molecule has 0 fully saturated rings. The van der Waals surface area contributed by atoms with E-state index in [-0.39, 0.29) is 0 Å². The number of ether oxygens (including phenoxy) is 1. The molecule has 0 saturated carbocycles. The zero-order chi connectivity index (χ0) is 15.4. The Kier molecular flexibility index (Phi) is 5.45. The van der Waals surface area contributed by atoms with Gasteiger partial charge in [0.2, 0.25) is 5.88 Å². The molecule has 2 aromatic rings. The summed E-state index contributed by atoms with van der Waals surface area (Å²) in [4.78, 5) is 4.46. The number of halogens is 2. The van der Waals surface area contributed by atoms with E-state index < -0.39 is 0 Å². The van der Waals surface area contributed by atoms with Crippen LogP contribution in [-0.2, 0) is 6.54 Å². The summed E-state index contributed by atoms with van der Waals surface area (Å²) in [6.45, 7) is 6.98. The summed E-state index contributed by atoms with van der Waals surface area (Å²) in [6.07, 6.45) is 0. The molecular formula is C16H18Cl2N2O. The number of pyridine rings is 1. The summed E-state index contributed by atoms with van der Waals surface area (Å²) in [5.74, 6) is 1.06. The first kappa shape index (κ1) is 16.1. The van der Waals surface area contributed by atoms with Gasteiger partial charge in [0.15, 0.2) is 0 Å². The molecule has 0 unspecified atom stereocenters. The van der Waals surface area contributed by atoms with Gasteiger partial charge in [0.1, 0.15) is 5.75 Å². The molecule has 1 heterocycles. The smallest absolute Gasteiger partial charge is 0.219 e. The minimum Gasteiger partial charge on any atom is -0.437 e. The maximum absolute atomic E-state index is 6.09. The van der Waals surface area contributed by atoms with Gasteiger partial charge in [0, 0.05) is 29.4 Å². The molecule has 2 rings (SSSR count). The van der Waals surface area contributed by atoms with Gasteiger partial charge in [-0.15, -0.1) is 0 Å². The monoisotopic (exact) mass is 324 g/mol. The van der Waals surface area contributed by atoms with Crippen molar-refractivity contribution in [2.24, 2.45) is 0 Å². The van der Waals surface area contributed by atoms with Crippen LogP contribution in [-0.4, -0.2) is 11.0 Å². The maximum Gasteiger partial charge on any atom is 0.219 e. The van der Waals surface area contributed by atoms with Crippen LogP contribution >= 0.6 is 23.2 Å². The van der Waals surface area contributed by atoms with E-state index in [0.29, 0.717) is 27.7 Å². The molecule has 1 aromatic heterocycles. The van der Waals surface area contributed by atoms with Crippen LogP contribution in [0.2, 0.25) is 10.0 Å². The topological polar surface area (TPSA) is 34.1 Å². The summed E-state index contributed by atoms with van der Waals surface area (Å²) in [7, 11) is 0. The second kappa shape index (κ2) is 7.12. The maximum atomic E-state index is 6.09. The molecular weight excluding hydrogens is 307 g/mol.